The molecule has 7 nitrogen and oxygen atoms in total. The SMILES string of the molecule is COC(=O)CNC(=O)COC(=O)c1ccccc1C(=O)c1ccc(Cl)cc1. The van der Waals surface area contributed by atoms with Crippen LogP contribution in [0.5, 0.6) is 0 Å². The Bertz CT molecular complexity index is 863. The maximum Gasteiger partial charge on any atom is 0.339 e. The van der Waals surface area contributed by atoms with Crippen LogP contribution < -0.4 is 5.32 Å². The molecule has 0 bridgehead atoms. The highest BCUT2D eigenvalue weighted by Gasteiger charge is 2.20. The van der Waals surface area contributed by atoms with E-state index in [0.717, 1.165) is 0 Å². The van der Waals surface area contributed by atoms with Crippen LogP contribution in [-0.4, -0.2) is 43.9 Å². The molecule has 0 heterocycles. The van der Waals surface area contributed by atoms with Gasteiger partial charge in [-0.25, -0.2) is 4.79 Å². The lowest BCUT2D eigenvalue weighted by atomic mass is 9.98. The van der Waals surface area contributed by atoms with Gasteiger partial charge < -0.3 is 14.8 Å². The van der Waals surface area contributed by atoms with Gasteiger partial charge in [0.1, 0.15) is 6.54 Å². The molecule has 0 radical (unpaired) electrons. The lowest BCUT2D eigenvalue weighted by Crippen LogP contribution is -2.33. The molecule has 0 unspecified atom stereocenters. The van der Waals surface area contributed by atoms with Crippen molar-refractivity contribution in [2.75, 3.05) is 20.3 Å². The maximum atomic E-state index is 12.7. The number of carbonyl (C=O) groups excluding carboxylic acids is 4. The minimum Gasteiger partial charge on any atom is -0.468 e. The van der Waals surface area contributed by atoms with E-state index in [1.807, 2.05) is 0 Å². The van der Waals surface area contributed by atoms with E-state index in [1.165, 1.54) is 19.2 Å². The highest BCUT2D eigenvalue weighted by molar-refractivity contribution is 6.30. The average molecular weight is 390 g/mol. The first kappa shape index (κ1) is 20.1. The zero-order valence-corrected chi connectivity index (χ0v) is 15.1. The third-order valence-electron chi connectivity index (χ3n) is 3.49. The normalized spacial score (nSPS) is 10.0. The Morgan fingerprint density at radius 1 is 0.963 bits per heavy atom. The number of hydrogen-bond acceptors (Lipinski definition) is 6. The number of esters is 2. The van der Waals surface area contributed by atoms with E-state index in [4.69, 9.17) is 16.3 Å². The highest BCUT2D eigenvalue weighted by atomic mass is 35.5. The summed E-state index contributed by atoms with van der Waals surface area (Å²) in [5.74, 6) is -2.51. The highest BCUT2D eigenvalue weighted by Crippen LogP contribution is 2.17. The zero-order chi connectivity index (χ0) is 19.8. The smallest absolute Gasteiger partial charge is 0.339 e. The Balaban J connectivity index is 2.07. The third kappa shape index (κ3) is 5.65. The van der Waals surface area contributed by atoms with Gasteiger partial charge in [0, 0.05) is 16.1 Å². The van der Waals surface area contributed by atoms with Crippen molar-refractivity contribution >= 4 is 35.2 Å². The molecule has 0 aliphatic carbocycles. The number of ether oxygens (including phenoxy) is 2. The van der Waals surface area contributed by atoms with Crippen LogP contribution in [0.3, 0.4) is 0 Å². The fourth-order valence-electron chi connectivity index (χ4n) is 2.12. The number of ketones is 1. The van der Waals surface area contributed by atoms with Gasteiger partial charge in [-0.15, -0.1) is 0 Å². The van der Waals surface area contributed by atoms with Crippen LogP contribution in [0.2, 0.25) is 5.02 Å². The average Bonchev–Trinajstić information content (AvgIpc) is 2.70. The van der Waals surface area contributed by atoms with Crippen LogP contribution in [-0.2, 0) is 19.1 Å². The predicted molar refractivity (Wildman–Crippen MR) is 96.6 cm³/mol. The number of hydrogen-bond donors (Lipinski definition) is 1. The molecule has 27 heavy (non-hydrogen) atoms. The van der Waals surface area contributed by atoms with Gasteiger partial charge >= 0.3 is 11.9 Å². The van der Waals surface area contributed by atoms with Crippen LogP contribution in [0, 0.1) is 0 Å². The van der Waals surface area contributed by atoms with E-state index in [-0.39, 0.29) is 23.5 Å². The van der Waals surface area contributed by atoms with Crippen molar-refractivity contribution in [3.8, 4) is 0 Å². The summed E-state index contributed by atoms with van der Waals surface area (Å²) in [6.45, 7) is -0.933. The van der Waals surface area contributed by atoms with Gasteiger partial charge in [0.15, 0.2) is 12.4 Å². The van der Waals surface area contributed by atoms with Crippen LogP contribution in [0.25, 0.3) is 0 Å². The van der Waals surface area contributed by atoms with Crippen LogP contribution in [0.1, 0.15) is 26.3 Å². The Morgan fingerprint density at radius 2 is 1.59 bits per heavy atom. The van der Waals surface area contributed by atoms with E-state index < -0.39 is 24.5 Å². The second-order valence-electron chi connectivity index (χ2n) is 5.31. The third-order valence-corrected chi connectivity index (χ3v) is 3.74. The summed E-state index contributed by atoms with van der Waals surface area (Å²) in [6.07, 6.45) is 0. The maximum absolute atomic E-state index is 12.7. The molecule has 0 fully saturated rings. The summed E-state index contributed by atoms with van der Waals surface area (Å²) in [5.41, 5.74) is 0.522. The molecular formula is C19H16ClNO6. The molecule has 2 aromatic rings. The van der Waals surface area contributed by atoms with Gasteiger partial charge in [-0.05, 0) is 30.3 Å². The lowest BCUT2D eigenvalue weighted by Gasteiger charge is -2.09. The minimum absolute atomic E-state index is 0.0261. The van der Waals surface area contributed by atoms with E-state index >= 15 is 0 Å². The first-order chi connectivity index (χ1) is 12.9. The van der Waals surface area contributed by atoms with Gasteiger partial charge in [0.25, 0.3) is 5.91 Å². The molecule has 8 heteroatoms. The summed E-state index contributed by atoms with van der Waals surface area (Å²) >= 11 is 5.82. The number of methoxy groups -OCH3 is 1. The Kier molecular flexibility index (Phi) is 7.08. The monoisotopic (exact) mass is 389 g/mol. The zero-order valence-electron chi connectivity index (χ0n) is 14.4. The number of amides is 1. The molecule has 0 saturated carbocycles. The van der Waals surface area contributed by atoms with Crippen molar-refractivity contribution in [3.63, 3.8) is 0 Å². The van der Waals surface area contributed by atoms with Gasteiger partial charge in [-0.1, -0.05) is 29.8 Å². The number of nitrogens with one attached hydrogen (secondary N) is 1. The second kappa shape index (κ2) is 9.49. The van der Waals surface area contributed by atoms with Crippen LogP contribution in [0.4, 0.5) is 0 Å². The van der Waals surface area contributed by atoms with Crippen molar-refractivity contribution in [2.45, 2.75) is 0 Å². The number of rotatable bonds is 7. The summed E-state index contributed by atoms with van der Waals surface area (Å²) in [7, 11) is 1.18. The number of halogens is 1. The van der Waals surface area contributed by atoms with Crippen molar-refractivity contribution < 1.29 is 28.7 Å². The fraction of sp³-hybridized carbons (Fsp3) is 0.158. The Hall–Kier alpha value is -3.19. The molecule has 140 valence electrons. The van der Waals surface area contributed by atoms with E-state index in [0.29, 0.717) is 10.6 Å². The minimum atomic E-state index is -0.832. The quantitative estimate of drug-likeness (QED) is 0.574. The molecule has 0 spiro atoms. The molecule has 2 aromatic carbocycles. The second-order valence-corrected chi connectivity index (χ2v) is 5.75. The standard InChI is InChI=1S/C19H16ClNO6/c1-26-17(23)10-21-16(22)11-27-19(25)15-5-3-2-4-14(15)18(24)12-6-8-13(20)9-7-12/h2-9H,10-11H2,1H3,(H,21,22). The molecule has 0 aliphatic rings. The van der Waals surface area contributed by atoms with Gasteiger partial charge in [0.05, 0.1) is 12.7 Å². The molecule has 0 aliphatic heterocycles. The first-order valence-electron chi connectivity index (χ1n) is 7.82. The summed E-state index contributed by atoms with van der Waals surface area (Å²) in [6, 6.07) is 12.3. The molecule has 1 amide bonds. The van der Waals surface area contributed by atoms with Crippen molar-refractivity contribution in [3.05, 3.63) is 70.2 Å². The van der Waals surface area contributed by atoms with Gasteiger partial charge in [-0.2, -0.15) is 0 Å². The molecule has 2 rings (SSSR count). The summed E-state index contributed by atoms with van der Waals surface area (Å²) in [5, 5.41) is 2.72. The van der Waals surface area contributed by atoms with Gasteiger partial charge in [-0.3, -0.25) is 14.4 Å². The lowest BCUT2D eigenvalue weighted by molar-refractivity contribution is -0.141. The fourth-order valence-corrected chi connectivity index (χ4v) is 2.24. The Labute approximate surface area is 160 Å². The van der Waals surface area contributed by atoms with Gasteiger partial charge in [0.2, 0.25) is 0 Å². The van der Waals surface area contributed by atoms with Crippen molar-refractivity contribution in [1.82, 2.24) is 5.32 Å². The van der Waals surface area contributed by atoms with Crippen LogP contribution >= 0.6 is 11.6 Å². The topological polar surface area (TPSA) is 98.8 Å². The summed E-state index contributed by atoms with van der Waals surface area (Å²) in [4.78, 5) is 47.5. The van der Waals surface area contributed by atoms with Crippen molar-refractivity contribution in [2.24, 2.45) is 0 Å². The number of carbonyl (C=O) groups is 4. The molecule has 0 saturated heterocycles. The van der Waals surface area contributed by atoms with E-state index in [2.05, 4.69) is 10.1 Å². The molecular weight excluding hydrogens is 374 g/mol. The first-order valence-corrected chi connectivity index (χ1v) is 8.20. The van der Waals surface area contributed by atoms with E-state index in [9.17, 15) is 19.2 Å². The molecule has 1 N–H and O–H groups in total. The number of benzene rings is 2. The van der Waals surface area contributed by atoms with Crippen LogP contribution in [0.15, 0.2) is 48.5 Å². The predicted octanol–water partition coefficient (Wildman–Crippen LogP) is 2.02. The van der Waals surface area contributed by atoms with Crippen molar-refractivity contribution in [1.29, 1.82) is 0 Å². The molecule has 0 atom stereocenters. The van der Waals surface area contributed by atoms with E-state index in [1.54, 1.807) is 36.4 Å². The largest absolute Gasteiger partial charge is 0.468 e. The molecule has 0 aromatic heterocycles. The summed E-state index contributed by atoms with van der Waals surface area (Å²) < 4.78 is 9.31. The Morgan fingerprint density at radius 3 is 2.22 bits per heavy atom.